The zero-order valence-corrected chi connectivity index (χ0v) is 16.3. The third-order valence-electron chi connectivity index (χ3n) is 3.24. The van der Waals surface area contributed by atoms with Gasteiger partial charge in [-0.2, -0.15) is 0 Å². The molecular formula is C18H17Cl2NO4S. The van der Waals surface area contributed by atoms with E-state index in [0.717, 1.165) is 5.56 Å². The van der Waals surface area contributed by atoms with Gasteiger partial charge in [-0.15, -0.1) is 11.8 Å². The number of thioether (sulfide) groups is 1. The van der Waals surface area contributed by atoms with Crippen LogP contribution in [0.25, 0.3) is 0 Å². The third kappa shape index (κ3) is 6.44. The van der Waals surface area contributed by atoms with Gasteiger partial charge in [-0.25, -0.2) is 0 Å². The van der Waals surface area contributed by atoms with Crippen LogP contribution in [0.1, 0.15) is 5.56 Å². The van der Waals surface area contributed by atoms with E-state index in [9.17, 15) is 9.59 Å². The van der Waals surface area contributed by atoms with Gasteiger partial charge in [0, 0.05) is 16.5 Å². The monoisotopic (exact) mass is 413 g/mol. The lowest BCUT2D eigenvalue weighted by atomic mass is 10.2. The summed E-state index contributed by atoms with van der Waals surface area (Å²) < 4.78 is 9.99. The summed E-state index contributed by atoms with van der Waals surface area (Å²) in [6, 6.07) is 12.3. The molecule has 2 aromatic carbocycles. The Bertz CT molecular complexity index is 786. The van der Waals surface area contributed by atoms with E-state index in [0.29, 0.717) is 27.2 Å². The summed E-state index contributed by atoms with van der Waals surface area (Å²) in [5, 5.41) is 3.63. The Morgan fingerprint density at radius 3 is 2.58 bits per heavy atom. The molecule has 2 aromatic rings. The van der Waals surface area contributed by atoms with Gasteiger partial charge in [0.25, 0.3) is 5.91 Å². The highest BCUT2D eigenvalue weighted by Gasteiger charge is 2.10. The maximum atomic E-state index is 11.8. The Hall–Kier alpha value is -1.89. The molecule has 0 atom stereocenters. The number of benzene rings is 2. The number of halogens is 2. The number of methoxy groups -OCH3 is 1. The highest BCUT2D eigenvalue weighted by atomic mass is 35.5. The first-order chi connectivity index (χ1) is 12.5. The summed E-state index contributed by atoms with van der Waals surface area (Å²) in [6.07, 6.45) is 0. The number of carbonyl (C=O) groups is 2. The zero-order chi connectivity index (χ0) is 18.9. The van der Waals surface area contributed by atoms with Crippen LogP contribution in [0.5, 0.6) is 5.75 Å². The highest BCUT2D eigenvalue weighted by Crippen LogP contribution is 2.27. The van der Waals surface area contributed by atoms with Gasteiger partial charge in [0.15, 0.2) is 6.61 Å². The molecule has 1 amide bonds. The molecular weight excluding hydrogens is 397 g/mol. The topological polar surface area (TPSA) is 64.6 Å². The summed E-state index contributed by atoms with van der Waals surface area (Å²) in [6.45, 7) is -0.366. The SMILES string of the molecule is COc1ccc(NC(=O)COC(=O)CSCc2ccccc2Cl)cc1Cl. The minimum atomic E-state index is -0.468. The second kappa shape index (κ2) is 10.3. The molecule has 26 heavy (non-hydrogen) atoms. The molecule has 0 aliphatic heterocycles. The predicted molar refractivity (Wildman–Crippen MR) is 105 cm³/mol. The molecule has 0 saturated heterocycles. The molecule has 0 radical (unpaired) electrons. The average Bonchev–Trinajstić information content (AvgIpc) is 2.62. The average molecular weight is 414 g/mol. The highest BCUT2D eigenvalue weighted by molar-refractivity contribution is 7.99. The number of ether oxygens (including phenoxy) is 2. The van der Waals surface area contributed by atoms with Crippen molar-refractivity contribution in [1.29, 1.82) is 0 Å². The molecule has 0 unspecified atom stereocenters. The van der Waals surface area contributed by atoms with Crippen LogP contribution in [-0.2, 0) is 20.1 Å². The molecule has 0 fully saturated rings. The molecule has 2 rings (SSSR count). The lowest BCUT2D eigenvalue weighted by Gasteiger charge is -2.09. The molecule has 138 valence electrons. The second-order valence-corrected chi connectivity index (χ2v) is 6.94. The zero-order valence-electron chi connectivity index (χ0n) is 14.0. The van der Waals surface area contributed by atoms with Gasteiger partial charge in [0.05, 0.1) is 17.9 Å². The van der Waals surface area contributed by atoms with E-state index in [1.54, 1.807) is 24.3 Å². The van der Waals surface area contributed by atoms with Crippen molar-refractivity contribution >= 4 is 52.5 Å². The van der Waals surface area contributed by atoms with Gasteiger partial charge in [-0.1, -0.05) is 41.4 Å². The summed E-state index contributed by atoms with van der Waals surface area (Å²) in [5.41, 5.74) is 1.44. The van der Waals surface area contributed by atoms with Crippen molar-refractivity contribution in [3.8, 4) is 5.75 Å². The van der Waals surface area contributed by atoms with E-state index in [-0.39, 0.29) is 12.4 Å². The third-order valence-corrected chi connectivity index (χ3v) is 4.85. The number of nitrogens with one attached hydrogen (secondary N) is 1. The molecule has 5 nitrogen and oxygen atoms in total. The molecule has 0 aromatic heterocycles. The van der Waals surface area contributed by atoms with E-state index < -0.39 is 11.9 Å². The second-order valence-electron chi connectivity index (χ2n) is 5.14. The van der Waals surface area contributed by atoms with Crippen molar-refractivity contribution in [2.45, 2.75) is 5.75 Å². The number of esters is 1. The molecule has 0 saturated carbocycles. The first-order valence-electron chi connectivity index (χ1n) is 7.59. The number of anilines is 1. The van der Waals surface area contributed by atoms with Crippen molar-refractivity contribution < 1.29 is 19.1 Å². The smallest absolute Gasteiger partial charge is 0.316 e. The maximum Gasteiger partial charge on any atom is 0.316 e. The molecule has 0 aliphatic carbocycles. The van der Waals surface area contributed by atoms with Crippen molar-refractivity contribution in [2.24, 2.45) is 0 Å². The standard InChI is InChI=1S/C18H17Cl2NO4S/c1-24-16-7-6-13(8-15(16)20)21-17(22)9-25-18(23)11-26-10-12-4-2-3-5-14(12)19/h2-8H,9-11H2,1H3,(H,21,22). The van der Waals surface area contributed by atoms with Crippen LogP contribution in [-0.4, -0.2) is 31.3 Å². The normalized spacial score (nSPS) is 10.3. The Morgan fingerprint density at radius 1 is 1.12 bits per heavy atom. The Kier molecular flexibility index (Phi) is 8.09. The predicted octanol–water partition coefficient (Wildman–Crippen LogP) is 4.42. The number of hydrogen-bond donors (Lipinski definition) is 1. The van der Waals surface area contributed by atoms with Crippen molar-refractivity contribution in [3.05, 3.63) is 58.1 Å². The van der Waals surface area contributed by atoms with Gasteiger partial charge in [-0.3, -0.25) is 9.59 Å². The Morgan fingerprint density at radius 2 is 1.88 bits per heavy atom. The van der Waals surface area contributed by atoms with E-state index in [1.165, 1.54) is 18.9 Å². The maximum absolute atomic E-state index is 11.8. The van der Waals surface area contributed by atoms with Crippen LogP contribution in [0.2, 0.25) is 10.0 Å². The van der Waals surface area contributed by atoms with Crippen LogP contribution >= 0.6 is 35.0 Å². The fourth-order valence-electron chi connectivity index (χ4n) is 1.99. The number of rotatable bonds is 8. The molecule has 0 heterocycles. The van der Waals surface area contributed by atoms with Crippen molar-refractivity contribution in [3.63, 3.8) is 0 Å². The molecule has 0 spiro atoms. The summed E-state index contributed by atoms with van der Waals surface area (Å²) in [7, 11) is 1.50. The van der Waals surface area contributed by atoms with E-state index >= 15 is 0 Å². The molecule has 0 bridgehead atoms. The lowest BCUT2D eigenvalue weighted by Crippen LogP contribution is -2.21. The van der Waals surface area contributed by atoms with Crippen LogP contribution < -0.4 is 10.1 Å². The quantitative estimate of drug-likeness (QED) is 0.648. The van der Waals surface area contributed by atoms with Crippen LogP contribution in [0.15, 0.2) is 42.5 Å². The fraction of sp³-hybridized carbons (Fsp3) is 0.222. The van der Waals surface area contributed by atoms with Gasteiger partial charge >= 0.3 is 5.97 Å². The summed E-state index contributed by atoms with van der Waals surface area (Å²) in [4.78, 5) is 23.6. The summed E-state index contributed by atoms with van der Waals surface area (Å²) in [5.74, 6) is 0.311. The van der Waals surface area contributed by atoms with E-state index in [2.05, 4.69) is 5.32 Å². The molecule has 1 N–H and O–H groups in total. The number of hydrogen-bond acceptors (Lipinski definition) is 5. The first kappa shape index (κ1) is 20.4. The minimum Gasteiger partial charge on any atom is -0.495 e. The molecule has 0 aliphatic rings. The largest absolute Gasteiger partial charge is 0.495 e. The fourth-order valence-corrected chi connectivity index (χ4v) is 3.35. The van der Waals surface area contributed by atoms with Gasteiger partial charge < -0.3 is 14.8 Å². The Balaban J connectivity index is 1.70. The Labute approximate surface area is 166 Å². The van der Waals surface area contributed by atoms with Crippen LogP contribution in [0, 0.1) is 0 Å². The van der Waals surface area contributed by atoms with Crippen LogP contribution in [0.4, 0.5) is 5.69 Å². The lowest BCUT2D eigenvalue weighted by molar-refractivity contribution is -0.144. The van der Waals surface area contributed by atoms with Gasteiger partial charge in [-0.05, 0) is 29.8 Å². The van der Waals surface area contributed by atoms with E-state index in [1.807, 2.05) is 18.2 Å². The molecule has 8 heteroatoms. The summed E-state index contributed by atoms with van der Waals surface area (Å²) >= 11 is 13.4. The van der Waals surface area contributed by atoms with Gasteiger partial charge in [0.1, 0.15) is 5.75 Å². The number of carbonyl (C=O) groups excluding carboxylic acids is 2. The van der Waals surface area contributed by atoms with Crippen molar-refractivity contribution in [2.75, 3.05) is 24.8 Å². The number of amides is 1. The van der Waals surface area contributed by atoms with Crippen LogP contribution in [0.3, 0.4) is 0 Å². The van der Waals surface area contributed by atoms with E-state index in [4.69, 9.17) is 32.7 Å². The van der Waals surface area contributed by atoms with Crippen molar-refractivity contribution in [1.82, 2.24) is 0 Å². The minimum absolute atomic E-state index is 0.132. The van der Waals surface area contributed by atoms with Gasteiger partial charge in [0.2, 0.25) is 0 Å². The first-order valence-corrected chi connectivity index (χ1v) is 9.51.